The monoisotopic (exact) mass is 241 g/mol. The van der Waals surface area contributed by atoms with Gasteiger partial charge in [-0.25, -0.2) is 4.98 Å². The summed E-state index contributed by atoms with van der Waals surface area (Å²) in [4.78, 5) is 3.80. The van der Waals surface area contributed by atoms with Crippen LogP contribution in [0.25, 0.3) is 0 Å². The van der Waals surface area contributed by atoms with Crippen molar-refractivity contribution < 1.29 is 13.2 Å². The number of benzene rings is 1. The van der Waals surface area contributed by atoms with Crippen molar-refractivity contribution in [3.63, 3.8) is 0 Å². The summed E-state index contributed by atoms with van der Waals surface area (Å²) in [5, 5.41) is 0. The highest BCUT2D eigenvalue weighted by atomic mass is 19.4. The van der Waals surface area contributed by atoms with Crippen molar-refractivity contribution in [3.8, 4) is 0 Å². The third-order valence-corrected chi connectivity index (χ3v) is 2.27. The second-order valence-corrected chi connectivity index (χ2v) is 3.67. The minimum absolute atomic E-state index is 0.314. The van der Waals surface area contributed by atoms with E-state index in [1.807, 2.05) is 0 Å². The fraction of sp³-hybridized carbons (Fsp3) is 0.182. The number of aromatic nitrogens is 2. The predicted octanol–water partition coefficient (Wildman–Crippen LogP) is 2.53. The molecule has 0 spiro atoms. The van der Waals surface area contributed by atoms with Gasteiger partial charge in [0.2, 0.25) is 0 Å². The molecule has 1 aromatic carbocycles. The molecule has 90 valence electrons. The van der Waals surface area contributed by atoms with Gasteiger partial charge < -0.3 is 10.3 Å². The van der Waals surface area contributed by atoms with Crippen LogP contribution >= 0.6 is 0 Å². The summed E-state index contributed by atoms with van der Waals surface area (Å²) in [7, 11) is 0. The fourth-order valence-electron chi connectivity index (χ4n) is 1.52. The highest BCUT2D eigenvalue weighted by Gasteiger charge is 2.30. The maximum atomic E-state index is 12.5. The number of anilines is 1. The van der Waals surface area contributed by atoms with Crippen LogP contribution in [-0.4, -0.2) is 9.55 Å². The second kappa shape index (κ2) is 4.12. The molecule has 1 aromatic heterocycles. The van der Waals surface area contributed by atoms with Crippen LogP contribution in [0.2, 0.25) is 0 Å². The van der Waals surface area contributed by atoms with Gasteiger partial charge in [0.05, 0.1) is 11.9 Å². The molecule has 0 saturated carbocycles. The highest BCUT2D eigenvalue weighted by molar-refractivity contribution is 5.27. The van der Waals surface area contributed by atoms with Crippen molar-refractivity contribution >= 4 is 5.82 Å². The first-order valence-electron chi connectivity index (χ1n) is 4.88. The number of nitrogens with zero attached hydrogens (tertiary/aromatic N) is 2. The Morgan fingerprint density at radius 3 is 2.65 bits per heavy atom. The maximum Gasteiger partial charge on any atom is 0.416 e. The first-order chi connectivity index (χ1) is 7.95. The van der Waals surface area contributed by atoms with Gasteiger partial charge in [0.15, 0.2) is 0 Å². The SMILES string of the molecule is Nc1cn(Cc2cccc(C(F)(F)F)c2)cn1. The molecule has 0 aliphatic carbocycles. The molecule has 0 saturated heterocycles. The molecule has 0 bridgehead atoms. The van der Waals surface area contributed by atoms with Crippen molar-refractivity contribution in [2.45, 2.75) is 12.7 Å². The Hall–Kier alpha value is -1.98. The Morgan fingerprint density at radius 2 is 2.06 bits per heavy atom. The lowest BCUT2D eigenvalue weighted by Gasteiger charge is -2.08. The van der Waals surface area contributed by atoms with Crippen molar-refractivity contribution in [1.29, 1.82) is 0 Å². The van der Waals surface area contributed by atoms with Crippen LogP contribution in [0.15, 0.2) is 36.8 Å². The third-order valence-electron chi connectivity index (χ3n) is 2.27. The van der Waals surface area contributed by atoms with E-state index in [-0.39, 0.29) is 0 Å². The molecule has 0 aliphatic rings. The Balaban J connectivity index is 2.22. The minimum Gasteiger partial charge on any atom is -0.382 e. The lowest BCUT2D eigenvalue weighted by Crippen LogP contribution is -2.06. The number of halogens is 3. The standard InChI is InChI=1S/C11H10F3N3/c12-11(13,14)9-3-1-2-8(4-9)5-17-6-10(15)16-7-17/h1-4,6-7H,5,15H2. The van der Waals surface area contributed by atoms with Crippen LogP contribution in [-0.2, 0) is 12.7 Å². The van der Waals surface area contributed by atoms with Gasteiger partial charge in [0.1, 0.15) is 5.82 Å². The first-order valence-corrected chi connectivity index (χ1v) is 4.88. The quantitative estimate of drug-likeness (QED) is 0.878. The fourth-order valence-corrected chi connectivity index (χ4v) is 1.52. The zero-order valence-electron chi connectivity index (χ0n) is 8.78. The second-order valence-electron chi connectivity index (χ2n) is 3.67. The normalized spacial score (nSPS) is 11.7. The van der Waals surface area contributed by atoms with E-state index in [0.717, 1.165) is 12.1 Å². The summed E-state index contributed by atoms with van der Waals surface area (Å²) >= 11 is 0. The molecule has 2 aromatic rings. The van der Waals surface area contributed by atoms with Crippen LogP contribution < -0.4 is 5.73 Å². The molecule has 17 heavy (non-hydrogen) atoms. The van der Waals surface area contributed by atoms with Gasteiger partial charge in [-0.05, 0) is 17.7 Å². The zero-order chi connectivity index (χ0) is 12.5. The number of alkyl halides is 3. The number of nitrogen functional groups attached to an aromatic ring is 1. The van der Waals surface area contributed by atoms with Crippen molar-refractivity contribution in [2.24, 2.45) is 0 Å². The van der Waals surface area contributed by atoms with E-state index in [1.165, 1.54) is 12.4 Å². The largest absolute Gasteiger partial charge is 0.416 e. The highest BCUT2D eigenvalue weighted by Crippen LogP contribution is 2.29. The maximum absolute atomic E-state index is 12.5. The minimum atomic E-state index is -4.32. The van der Waals surface area contributed by atoms with Crippen LogP contribution in [0.5, 0.6) is 0 Å². The Morgan fingerprint density at radius 1 is 1.29 bits per heavy atom. The van der Waals surface area contributed by atoms with Gasteiger partial charge in [0.25, 0.3) is 0 Å². The average Bonchev–Trinajstić information content (AvgIpc) is 2.63. The molecule has 2 rings (SSSR count). The van der Waals surface area contributed by atoms with Crippen molar-refractivity contribution in [1.82, 2.24) is 9.55 Å². The Labute approximate surface area is 95.7 Å². The first kappa shape index (κ1) is 11.5. The van der Waals surface area contributed by atoms with Crippen LogP contribution in [0.1, 0.15) is 11.1 Å². The predicted molar refractivity (Wildman–Crippen MR) is 57.2 cm³/mol. The van der Waals surface area contributed by atoms with E-state index in [9.17, 15) is 13.2 Å². The summed E-state index contributed by atoms with van der Waals surface area (Å²) < 4.78 is 39.0. The average molecular weight is 241 g/mol. The van der Waals surface area contributed by atoms with Crippen LogP contribution in [0.3, 0.4) is 0 Å². The number of nitrogens with two attached hydrogens (primary N) is 1. The van der Waals surface area contributed by atoms with Gasteiger partial charge in [-0.15, -0.1) is 0 Å². The van der Waals surface area contributed by atoms with Crippen molar-refractivity contribution in [2.75, 3.05) is 5.73 Å². The van der Waals surface area contributed by atoms with Crippen LogP contribution in [0, 0.1) is 0 Å². The molecule has 6 heteroatoms. The lowest BCUT2D eigenvalue weighted by molar-refractivity contribution is -0.137. The number of rotatable bonds is 2. The number of imidazole rings is 1. The molecule has 0 aliphatic heterocycles. The third kappa shape index (κ3) is 2.77. The number of hydrogen-bond donors (Lipinski definition) is 1. The topological polar surface area (TPSA) is 43.8 Å². The van der Waals surface area contributed by atoms with Crippen molar-refractivity contribution in [3.05, 3.63) is 47.9 Å². The summed E-state index contributed by atoms with van der Waals surface area (Å²) in [5.41, 5.74) is 5.32. The van der Waals surface area contributed by atoms with Gasteiger partial charge in [-0.2, -0.15) is 13.2 Å². The summed E-state index contributed by atoms with van der Waals surface area (Å²) in [6, 6.07) is 5.19. The van der Waals surface area contributed by atoms with Gasteiger partial charge in [-0.3, -0.25) is 0 Å². The molecular weight excluding hydrogens is 231 g/mol. The molecule has 0 atom stereocenters. The van der Waals surface area contributed by atoms with Gasteiger partial charge in [0, 0.05) is 12.7 Å². The summed E-state index contributed by atoms with van der Waals surface area (Å²) in [5.74, 6) is 0.344. The summed E-state index contributed by atoms with van der Waals surface area (Å²) in [6.45, 7) is 0.314. The van der Waals surface area contributed by atoms with E-state index in [1.54, 1.807) is 16.8 Å². The lowest BCUT2D eigenvalue weighted by atomic mass is 10.1. The zero-order valence-corrected chi connectivity index (χ0v) is 8.78. The molecular formula is C11H10F3N3. The molecule has 2 N–H and O–H groups in total. The Bertz CT molecular complexity index is 517. The van der Waals surface area contributed by atoms with Gasteiger partial charge in [-0.1, -0.05) is 12.1 Å². The van der Waals surface area contributed by atoms with E-state index >= 15 is 0 Å². The van der Waals surface area contributed by atoms with E-state index < -0.39 is 11.7 Å². The molecule has 0 amide bonds. The molecule has 0 radical (unpaired) electrons. The molecule has 0 unspecified atom stereocenters. The van der Waals surface area contributed by atoms with E-state index in [0.29, 0.717) is 17.9 Å². The van der Waals surface area contributed by atoms with E-state index in [2.05, 4.69) is 4.98 Å². The summed E-state index contributed by atoms with van der Waals surface area (Å²) in [6.07, 6.45) is -1.26. The van der Waals surface area contributed by atoms with Gasteiger partial charge >= 0.3 is 6.18 Å². The molecule has 1 heterocycles. The Kier molecular flexibility index (Phi) is 2.79. The molecule has 3 nitrogen and oxygen atoms in total. The van der Waals surface area contributed by atoms with E-state index in [4.69, 9.17) is 5.73 Å². The smallest absolute Gasteiger partial charge is 0.382 e. The van der Waals surface area contributed by atoms with Crippen LogP contribution in [0.4, 0.5) is 19.0 Å². The molecule has 0 fully saturated rings. The number of hydrogen-bond acceptors (Lipinski definition) is 2.